The Balaban J connectivity index is 1.64. The van der Waals surface area contributed by atoms with Gasteiger partial charge in [0.25, 0.3) is 0 Å². The number of carbonyl (C=O) groups excluding carboxylic acids is 1. The summed E-state index contributed by atoms with van der Waals surface area (Å²) in [5.74, 6) is 0.0475. The molecule has 3 aromatic rings. The van der Waals surface area contributed by atoms with E-state index in [0.29, 0.717) is 19.8 Å². The van der Waals surface area contributed by atoms with Crippen LogP contribution in [0.3, 0.4) is 0 Å². The number of carbonyl (C=O) groups is 1. The zero-order valence-corrected chi connectivity index (χ0v) is 17.7. The third-order valence-corrected chi connectivity index (χ3v) is 5.71. The monoisotopic (exact) mass is 450 g/mol. The van der Waals surface area contributed by atoms with Crippen molar-refractivity contribution in [2.45, 2.75) is 0 Å². The van der Waals surface area contributed by atoms with Crippen LogP contribution in [0.5, 0.6) is 0 Å². The van der Waals surface area contributed by atoms with Crippen LogP contribution in [-0.2, 0) is 9.53 Å². The SMILES string of the molecule is O=C(CN1CCOCC1)N(c1ccc(-c2ccccc2)cc1)c1ccccc1Br. The number of nitrogens with zero attached hydrogens (tertiary/aromatic N) is 2. The summed E-state index contributed by atoms with van der Waals surface area (Å²) in [6.07, 6.45) is 0. The van der Waals surface area contributed by atoms with Crippen molar-refractivity contribution >= 4 is 33.2 Å². The molecular formula is C24H23BrN2O2. The molecule has 5 heteroatoms. The maximum atomic E-state index is 13.3. The van der Waals surface area contributed by atoms with Gasteiger partial charge in [-0.15, -0.1) is 0 Å². The molecule has 0 saturated carbocycles. The summed E-state index contributed by atoms with van der Waals surface area (Å²) in [5.41, 5.74) is 3.99. The number of rotatable bonds is 5. The highest BCUT2D eigenvalue weighted by Gasteiger charge is 2.23. The summed E-state index contributed by atoms with van der Waals surface area (Å²) in [6.45, 7) is 3.28. The maximum absolute atomic E-state index is 13.3. The highest BCUT2D eigenvalue weighted by Crippen LogP contribution is 2.33. The molecule has 29 heavy (non-hydrogen) atoms. The van der Waals surface area contributed by atoms with E-state index in [2.05, 4.69) is 45.1 Å². The molecule has 148 valence electrons. The van der Waals surface area contributed by atoms with Crippen LogP contribution in [-0.4, -0.2) is 43.7 Å². The lowest BCUT2D eigenvalue weighted by molar-refractivity contribution is -0.120. The van der Waals surface area contributed by atoms with E-state index in [4.69, 9.17) is 4.74 Å². The van der Waals surface area contributed by atoms with Crippen LogP contribution in [0.15, 0.2) is 83.3 Å². The van der Waals surface area contributed by atoms with Gasteiger partial charge in [-0.05, 0) is 51.3 Å². The van der Waals surface area contributed by atoms with Gasteiger partial charge in [-0.1, -0.05) is 54.6 Å². The van der Waals surface area contributed by atoms with Gasteiger partial charge in [0, 0.05) is 23.2 Å². The number of halogens is 1. The Morgan fingerprint density at radius 3 is 2.17 bits per heavy atom. The van der Waals surface area contributed by atoms with Crippen LogP contribution in [0.25, 0.3) is 11.1 Å². The standard InChI is InChI=1S/C24H23BrN2O2/c25-22-8-4-5-9-23(22)27(24(28)18-26-14-16-29-17-15-26)21-12-10-20(11-13-21)19-6-2-1-3-7-19/h1-13H,14-18H2. The van der Waals surface area contributed by atoms with Crippen LogP contribution in [0.1, 0.15) is 0 Å². The predicted octanol–water partition coefficient (Wildman–Crippen LogP) is 5.11. The number of amides is 1. The number of ether oxygens (including phenoxy) is 1. The minimum Gasteiger partial charge on any atom is -0.379 e. The molecule has 1 aliphatic heterocycles. The van der Waals surface area contributed by atoms with E-state index >= 15 is 0 Å². The first kappa shape index (κ1) is 19.8. The van der Waals surface area contributed by atoms with E-state index in [-0.39, 0.29) is 5.91 Å². The Labute approximate surface area is 179 Å². The molecule has 0 bridgehead atoms. The molecule has 0 atom stereocenters. The Bertz CT molecular complexity index is 954. The predicted molar refractivity (Wildman–Crippen MR) is 120 cm³/mol. The average Bonchev–Trinajstić information content (AvgIpc) is 2.77. The van der Waals surface area contributed by atoms with Gasteiger partial charge in [-0.3, -0.25) is 14.6 Å². The summed E-state index contributed by atoms with van der Waals surface area (Å²) in [6, 6.07) is 26.2. The third kappa shape index (κ3) is 4.75. The zero-order valence-electron chi connectivity index (χ0n) is 16.1. The molecule has 4 rings (SSSR count). The Morgan fingerprint density at radius 2 is 1.48 bits per heavy atom. The molecule has 0 aliphatic carbocycles. The number of anilines is 2. The zero-order chi connectivity index (χ0) is 20.1. The molecule has 1 amide bonds. The van der Waals surface area contributed by atoms with Crippen molar-refractivity contribution in [3.8, 4) is 11.1 Å². The molecule has 0 spiro atoms. The molecule has 1 aliphatic rings. The van der Waals surface area contributed by atoms with E-state index in [1.54, 1.807) is 4.90 Å². The van der Waals surface area contributed by atoms with E-state index in [1.807, 2.05) is 54.6 Å². The summed E-state index contributed by atoms with van der Waals surface area (Å²) in [5, 5.41) is 0. The van der Waals surface area contributed by atoms with Crippen molar-refractivity contribution in [1.82, 2.24) is 4.90 Å². The fourth-order valence-corrected chi connectivity index (χ4v) is 3.97. The second kappa shape index (κ2) is 9.35. The molecule has 4 nitrogen and oxygen atoms in total. The first-order chi connectivity index (χ1) is 14.2. The average molecular weight is 451 g/mol. The van der Waals surface area contributed by atoms with Gasteiger partial charge < -0.3 is 4.74 Å². The van der Waals surface area contributed by atoms with Crippen molar-refractivity contribution < 1.29 is 9.53 Å². The third-order valence-electron chi connectivity index (χ3n) is 5.04. The van der Waals surface area contributed by atoms with Gasteiger partial charge in [0.2, 0.25) is 5.91 Å². The second-order valence-electron chi connectivity index (χ2n) is 6.98. The number of hydrogen-bond donors (Lipinski definition) is 0. The molecule has 0 unspecified atom stereocenters. The molecule has 0 radical (unpaired) electrons. The summed E-state index contributed by atoms with van der Waals surface area (Å²) < 4.78 is 6.30. The Kier molecular flexibility index (Phi) is 6.39. The van der Waals surface area contributed by atoms with Crippen molar-refractivity contribution in [3.05, 3.63) is 83.3 Å². The quantitative estimate of drug-likeness (QED) is 0.541. The topological polar surface area (TPSA) is 32.8 Å². The van der Waals surface area contributed by atoms with Crippen LogP contribution in [0.4, 0.5) is 11.4 Å². The summed E-state index contributed by atoms with van der Waals surface area (Å²) in [7, 11) is 0. The molecule has 1 saturated heterocycles. The lowest BCUT2D eigenvalue weighted by Gasteiger charge is -2.30. The lowest BCUT2D eigenvalue weighted by atomic mass is 10.1. The lowest BCUT2D eigenvalue weighted by Crippen LogP contribution is -2.43. The van der Waals surface area contributed by atoms with Crippen LogP contribution >= 0.6 is 15.9 Å². The fourth-order valence-electron chi connectivity index (χ4n) is 3.51. The van der Waals surface area contributed by atoms with Gasteiger partial charge >= 0.3 is 0 Å². The molecule has 0 aromatic heterocycles. The maximum Gasteiger partial charge on any atom is 0.245 e. The first-order valence-electron chi connectivity index (χ1n) is 9.75. The smallest absolute Gasteiger partial charge is 0.245 e. The van der Waals surface area contributed by atoms with Crippen molar-refractivity contribution in [1.29, 1.82) is 0 Å². The summed E-state index contributed by atoms with van der Waals surface area (Å²) in [4.78, 5) is 17.3. The van der Waals surface area contributed by atoms with Crippen LogP contribution < -0.4 is 4.90 Å². The molecule has 1 heterocycles. The Hall–Kier alpha value is -2.47. The van der Waals surface area contributed by atoms with Gasteiger partial charge in [0.15, 0.2) is 0 Å². The number of morpholine rings is 1. The summed E-state index contributed by atoms with van der Waals surface area (Å²) >= 11 is 3.61. The highest BCUT2D eigenvalue weighted by molar-refractivity contribution is 9.10. The van der Waals surface area contributed by atoms with Gasteiger partial charge in [0.1, 0.15) is 0 Å². The number of para-hydroxylation sites is 1. The van der Waals surface area contributed by atoms with Crippen molar-refractivity contribution in [2.24, 2.45) is 0 Å². The van der Waals surface area contributed by atoms with Crippen LogP contribution in [0, 0.1) is 0 Å². The fraction of sp³-hybridized carbons (Fsp3) is 0.208. The molecule has 3 aromatic carbocycles. The van der Waals surface area contributed by atoms with Gasteiger partial charge in [-0.25, -0.2) is 0 Å². The van der Waals surface area contributed by atoms with E-state index < -0.39 is 0 Å². The highest BCUT2D eigenvalue weighted by atomic mass is 79.9. The van der Waals surface area contributed by atoms with Gasteiger partial charge in [0.05, 0.1) is 25.4 Å². The van der Waals surface area contributed by atoms with Gasteiger partial charge in [-0.2, -0.15) is 0 Å². The minimum absolute atomic E-state index is 0.0475. The Morgan fingerprint density at radius 1 is 0.862 bits per heavy atom. The largest absolute Gasteiger partial charge is 0.379 e. The first-order valence-corrected chi connectivity index (χ1v) is 10.5. The normalized spacial score (nSPS) is 14.5. The molecular weight excluding hydrogens is 428 g/mol. The van der Waals surface area contributed by atoms with E-state index in [1.165, 1.54) is 0 Å². The van der Waals surface area contributed by atoms with Crippen LogP contribution in [0.2, 0.25) is 0 Å². The number of benzene rings is 3. The second-order valence-corrected chi connectivity index (χ2v) is 7.84. The molecule has 1 fully saturated rings. The number of hydrogen-bond acceptors (Lipinski definition) is 3. The van der Waals surface area contributed by atoms with Crippen molar-refractivity contribution in [3.63, 3.8) is 0 Å². The van der Waals surface area contributed by atoms with E-state index in [0.717, 1.165) is 40.1 Å². The minimum atomic E-state index is 0.0475. The van der Waals surface area contributed by atoms with Crippen molar-refractivity contribution in [2.75, 3.05) is 37.7 Å². The molecule has 0 N–H and O–H groups in total. The van der Waals surface area contributed by atoms with E-state index in [9.17, 15) is 4.79 Å².